The van der Waals surface area contributed by atoms with Crippen molar-refractivity contribution in [1.82, 2.24) is 19.3 Å². The Bertz CT molecular complexity index is 1440. The number of rotatable bonds is 7. The van der Waals surface area contributed by atoms with Gasteiger partial charge in [0.15, 0.2) is 0 Å². The fourth-order valence-corrected chi connectivity index (χ4v) is 5.69. The first-order valence-electron chi connectivity index (χ1n) is 11.9. The predicted molar refractivity (Wildman–Crippen MR) is 135 cm³/mol. The monoisotopic (exact) mass is 544 g/mol. The van der Waals surface area contributed by atoms with Crippen molar-refractivity contribution in [1.29, 1.82) is 0 Å². The molecular formula is C24H25FN6O6S. The highest BCUT2D eigenvalue weighted by Crippen LogP contribution is 2.31. The van der Waals surface area contributed by atoms with Crippen LogP contribution in [0.3, 0.4) is 0 Å². The second kappa shape index (κ2) is 10.9. The van der Waals surface area contributed by atoms with Gasteiger partial charge in [0.1, 0.15) is 16.5 Å². The minimum absolute atomic E-state index is 0.0259. The molecule has 0 aliphatic carbocycles. The first kappa shape index (κ1) is 25.9. The quantitative estimate of drug-likeness (QED) is 0.450. The van der Waals surface area contributed by atoms with Crippen molar-refractivity contribution >= 4 is 33.4 Å². The Morgan fingerprint density at radius 2 is 1.71 bits per heavy atom. The van der Waals surface area contributed by atoms with Gasteiger partial charge in [-0.2, -0.15) is 9.29 Å². The summed E-state index contributed by atoms with van der Waals surface area (Å²) < 4.78 is 52.6. The van der Waals surface area contributed by atoms with Gasteiger partial charge in [0.25, 0.3) is 0 Å². The zero-order valence-electron chi connectivity index (χ0n) is 20.2. The number of carboxylic acid groups (broad SMARTS) is 1. The van der Waals surface area contributed by atoms with Crippen LogP contribution < -0.4 is 10.2 Å². The van der Waals surface area contributed by atoms with E-state index in [0.717, 1.165) is 6.07 Å². The number of nitrogens with one attached hydrogen (secondary N) is 1. The number of nitrogens with zero attached hydrogens (tertiary/aromatic N) is 5. The summed E-state index contributed by atoms with van der Waals surface area (Å²) in [4.78, 5) is 26.0. The molecule has 0 amide bonds. The zero-order chi connectivity index (χ0) is 26.7. The number of hydrogen-bond acceptors (Lipinski definition) is 10. The number of pyridine rings is 1. The van der Waals surface area contributed by atoms with Crippen molar-refractivity contribution in [2.75, 3.05) is 62.8 Å². The number of morpholine rings is 2. The number of sulfonamides is 1. The molecule has 0 radical (unpaired) electrons. The predicted octanol–water partition coefficient (Wildman–Crippen LogP) is 1.98. The normalized spacial score (nSPS) is 16.8. The van der Waals surface area contributed by atoms with E-state index in [0.29, 0.717) is 43.2 Å². The molecular weight excluding hydrogens is 519 g/mol. The molecule has 2 aliphatic heterocycles. The largest absolute Gasteiger partial charge is 0.478 e. The summed E-state index contributed by atoms with van der Waals surface area (Å²) in [7, 11) is -4.07. The maximum Gasteiger partial charge on any atom is 0.337 e. The lowest BCUT2D eigenvalue weighted by Crippen LogP contribution is -2.40. The van der Waals surface area contributed by atoms with E-state index in [-0.39, 0.29) is 43.5 Å². The third-order valence-corrected chi connectivity index (χ3v) is 8.06. The van der Waals surface area contributed by atoms with Crippen LogP contribution >= 0.6 is 0 Å². The molecule has 0 bridgehead atoms. The molecule has 0 saturated carbocycles. The number of anilines is 3. The van der Waals surface area contributed by atoms with E-state index in [2.05, 4.69) is 20.3 Å². The molecule has 1 aromatic carbocycles. The van der Waals surface area contributed by atoms with Gasteiger partial charge in [-0.1, -0.05) is 0 Å². The summed E-state index contributed by atoms with van der Waals surface area (Å²) >= 11 is 0. The van der Waals surface area contributed by atoms with E-state index in [9.17, 15) is 22.7 Å². The van der Waals surface area contributed by atoms with Gasteiger partial charge in [-0.15, -0.1) is 0 Å². The van der Waals surface area contributed by atoms with Gasteiger partial charge in [-0.3, -0.25) is 4.98 Å². The van der Waals surface area contributed by atoms with Crippen LogP contribution in [0.25, 0.3) is 11.1 Å². The van der Waals surface area contributed by atoms with Crippen LogP contribution in [-0.2, 0) is 19.5 Å². The number of carboxylic acids is 1. The molecule has 200 valence electrons. The molecule has 0 unspecified atom stereocenters. The second-order valence-electron chi connectivity index (χ2n) is 8.58. The van der Waals surface area contributed by atoms with E-state index >= 15 is 0 Å². The van der Waals surface area contributed by atoms with E-state index in [1.54, 1.807) is 0 Å². The maximum absolute atomic E-state index is 14.6. The minimum atomic E-state index is -4.07. The third-order valence-electron chi connectivity index (χ3n) is 6.15. The zero-order valence-corrected chi connectivity index (χ0v) is 21.0. The van der Waals surface area contributed by atoms with Gasteiger partial charge in [-0.05, 0) is 24.3 Å². The lowest BCUT2D eigenvalue weighted by Gasteiger charge is -2.29. The number of ether oxygens (including phenoxy) is 2. The van der Waals surface area contributed by atoms with Crippen molar-refractivity contribution < 1.29 is 32.2 Å². The van der Waals surface area contributed by atoms with Crippen LogP contribution in [0.2, 0.25) is 0 Å². The van der Waals surface area contributed by atoms with Crippen LogP contribution in [0, 0.1) is 5.82 Å². The van der Waals surface area contributed by atoms with E-state index in [4.69, 9.17) is 9.47 Å². The molecule has 38 heavy (non-hydrogen) atoms. The number of aromatic carboxylic acids is 1. The van der Waals surface area contributed by atoms with Gasteiger partial charge in [0.05, 0.1) is 32.0 Å². The van der Waals surface area contributed by atoms with Crippen molar-refractivity contribution in [3.63, 3.8) is 0 Å². The van der Waals surface area contributed by atoms with Crippen molar-refractivity contribution in [3.05, 3.63) is 54.2 Å². The molecule has 2 aromatic heterocycles. The maximum atomic E-state index is 14.6. The molecule has 14 heteroatoms. The van der Waals surface area contributed by atoms with Gasteiger partial charge in [-0.25, -0.2) is 22.6 Å². The molecule has 3 aromatic rings. The summed E-state index contributed by atoms with van der Waals surface area (Å²) in [6.45, 7) is 2.85. The highest BCUT2D eigenvalue weighted by Gasteiger charge is 2.29. The van der Waals surface area contributed by atoms with E-state index < -0.39 is 26.7 Å². The van der Waals surface area contributed by atoms with Crippen molar-refractivity contribution in [2.45, 2.75) is 4.90 Å². The fourth-order valence-electron chi connectivity index (χ4n) is 4.19. The number of hydrogen-bond donors (Lipinski definition) is 2. The summed E-state index contributed by atoms with van der Waals surface area (Å²) in [6, 6.07) is 5.19. The Kier molecular flexibility index (Phi) is 7.46. The van der Waals surface area contributed by atoms with E-state index in [1.165, 1.54) is 41.1 Å². The molecule has 0 spiro atoms. The minimum Gasteiger partial charge on any atom is -0.478 e. The lowest BCUT2D eigenvalue weighted by molar-refractivity contribution is 0.0696. The molecule has 4 heterocycles. The molecule has 2 N–H and O–H groups in total. The van der Waals surface area contributed by atoms with Gasteiger partial charge in [0, 0.05) is 61.6 Å². The van der Waals surface area contributed by atoms with Gasteiger partial charge < -0.3 is 24.8 Å². The Labute approximate surface area is 218 Å². The van der Waals surface area contributed by atoms with Crippen LogP contribution in [0.4, 0.5) is 21.8 Å². The molecule has 0 atom stereocenters. The Balaban J connectivity index is 1.49. The van der Waals surface area contributed by atoms with Gasteiger partial charge in [0.2, 0.25) is 16.0 Å². The van der Waals surface area contributed by atoms with Gasteiger partial charge >= 0.3 is 5.97 Å². The Morgan fingerprint density at radius 1 is 1.00 bits per heavy atom. The van der Waals surface area contributed by atoms with Crippen molar-refractivity contribution in [2.24, 2.45) is 0 Å². The first-order valence-corrected chi connectivity index (χ1v) is 13.3. The number of carbonyl (C=O) groups is 1. The molecule has 2 saturated heterocycles. The van der Waals surface area contributed by atoms with Crippen LogP contribution in [0.15, 0.2) is 47.8 Å². The highest BCUT2D eigenvalue weighted by atomic mass is 32.2. The average molecular weight is 545 g/mol. The summed E-state index contributed by atoms with van der Waals surface area (Å²) in [5.74, 6) is -1.29. The highest BCUT2D eigenvalue weighted by molar-refractivity contribution is 7.89. The number of benzene rings is 1. The number of aromatic nitrogens is 3. The molecule has 12 nitrogen and oxygen atoms in total. The Hall–Kier alpha value is -3.72. The summed E-state index contributed by atoms with van der Waals surface area (Å²) in [5, 5.41) is 12.3. The Morgan fingerprint density at radius 3 is 2.42 bits per heavy atom. The van der Waals surface area contributed by atoms with Crippen LogP contribution in [0.5, 0.6) is 0 Å². The fraction of sp³-hybridized carbons (Fsp3) is 0.333. The molecule has 2 aliphatic rings. The third kappa shape index (κ3) is 5.43. The summed E-state index contributed by atoms with van der Waals surface area (Å²) in [6.07, 6.45) is 4.33. The van der Waals surface area contributed by atoms with Crippen molar-refractivity contribution in [3.8, 4) is 11.1 Å². The lowest BCUT2D eigenvalue weighted by atomic mass is 10.1. The van der Waals surface area contributed by atoms with Crippen LogP contribution in [0.1, 0.15) is 10.4 Å². The molecule has 5 rings (SSSR count). The molecule has 2 fully saturated rings. The topological polar surface area (TPSA) is 147 Å². The number of halogens is 1. The second-order valence-corrected chi connectivity index (χ2v) is 10.5. The standard InChI is InChI=1S/C24H25FN6O6S/c25-20-2-1-18(12-21(20)38(34,35)31-5-9-37-10-6-31)28-24-27-15-19(16-11-17(23(32)33)14-26-13-16)22(29-24)30-3-7-36-8-4-30/h1-2,11-15H,3-10H2,(H,32,33)(H,27,28,29). The van der Waals surface area contributed by atoms with Crippen LogP contribution in [-0.4, -0.2) is 91.4 Å². The van der Waals surface area contributed by atoms with E-state index in [1.807, 2.05) is 4.90 Å². The smallest absolute Gasteiger partial charge is 0.337 e. The average Bonchev–Trinajstić information content (AvgIpc) is 2.95. The summed E-state index contributed by atoms with van der Waals surface area (Å²) in [5.41, 5.74) is 1.41. The first-order chi connectivity index (χ1) is 18.3. The SMILES string of the molecule is O=C(O)c1cncc(-c2cnc(Nc3ccc(F)c(S(=O)(=O)N4CCOCC4)c3)nc2N2CCOCC2)c1.